The molecule has 0 fully saturated rings. The Labute approximate surface area is 157 Å². The maximum Gasteiger partial charge on any atom is 0.414 e. The summed E-state index contributed by atoms with van der Waals surface area (Å²) in [6, 6.07) is 19.2. The van der Waals surface area contributed by atoms with Gasteiger partial charge in [0.05, 0.1) is 13.5 Å². The molecule has 1 amide bonds. The number of hydrogen-bond acceptors (Lipinski definition) is 5. The molecule has 6 nitrogen and oxygen atoms in total. The van der Waals surface area contributed by atoms with E-state index >= 15 is 0 Å². The number of methoxy groups -OCH3 is 1. The van der Waals surface area contributed by atoms with Crippen molar-refractivity contribution in [3.8, 4) is 0 Å². The van der Waals surface area contributed by atoms with Crippen LogP contribution in [0.25, 0.3) is 0 Å². The van der Waals surface area contributed by atoms with Gasteiger partial charge in [0.25, 0.3) is 0 Å². The number of carbonyl (C=O) groups excluding carboxylic acids is 1. The van der Waals surface area contributed by atoms with Crippen molar-refractivity contribution in [2.75, 3.05) is 7.11 Å². The summed E-state index contributed by atoms with van der Waals surface area (Å²) >= 11 is 0. The van der Waals surface area contributed by atoms with Crippen LogP contribution in [0.2, 0.25) is 0 Å². The summed E-state index contributed by atoms with van der Waals surface area (Å²) < 4.78 is 11.0. The number of oxime groups is 1. The van der Waals surface area contributed by atoms with Gasteiger partial charge in [-0.05, 0) is 17.2 Å². The number of amides is 1. The van der Waals surface area contributed by atoms with Crippen molar-refractivity contribution in [3.05, 3.63) is 84.1 Å². The fourth-order valence-corrected chi connectivity index (χ4v) is 3.36. The van der Waals surface area contributed by atoms with E-state index < -0.39 is 18.2 Å². The summed E-state index contributed by atoms with van der Waals surface area (Å²) in [4.78, 5) is 19.6. The molecule has 0 aliphatic carbocycles. The lowest BCUT2D eigenvalue weighted by Crippen LogP contribution is -2.49. The molecule has 0 aromatic heterocycles. The molecule has 3 atom stereocenters. The van der Waals surface area contributed by atoms with Gasteiger partial charge in [0.15, 0.2) is 12.2 Å². The number of hydrogen-bond donors (Lipinski definition) is 0. The van der Waals surface area contributed by atoms with Gasteiger partial charge in [0, 0.05) is 6.20 Å². The third kappa shape index (κ3) is 3.51. The van der Waals surface area contributed by atoms with Gasteiger partial charge in [0.1, 0.15) is 6.04 Å². The molecule has 2 aromatic rings. The SMILES string of the molecule is COC(=O)N1C=CC2OC(Cc3ccccc3)=NO[C@H]2[C@@H]1c1ccccc1. The Morgan fingerprint density at radius 3 is 2.52 bits per heavy atom. The zero-order valence-electron chi connectivity index (χ0n) is 14.9. The topological polar surface area (TPSA) is 60.4 Å². The molecule has 138 valence electrons. The lowest BCUT2D eigenvalue weighted by Gasteiger charge is -2.41. The summed E-state index contributed by atoms with van der Waals surface area (Å²) in [5, 5.41) is 4.19. The van der Waals surface area contributed by atoms with Gasteiger partial charge in [0.2, 0.25) is 5.90 Å². The average molecular weight is 364 g/mol. The maximum absolute atomic E-state index is 12.3. The lowest BCUT2D eigenvalue weighted by atomic mass is 9.93. The van der Waals surface area contributed by atoms with Gasteiger partial charge in [-0.25, -0.2) is 4.79 Å². The number of benzene rings is 2. The zero-order chi connectivity index (χ0) is 18.6. The highest BCUT2D eigenvalue weighted by atomic mass is 16.7. The minimum atomic E-state index is -0.462. The van der Waals surface area contributed by atoms with Crippen LogP contribution in [0.5, 0.6) is 0 Å². The van der Waals surface area contributed by atoms with Crippen LogP contribution in [-0.2, 0) is 20.7 Å². The van der Waals surface area contributed by atoms with Crippen LogP contribution >= 0.6 is 0 Å². The van der Waals surface area contributed by atoms with Crippen LogP contribution in [0.4, 0.5) is 4.79 Å². The zero-order valence-corrected chi connectivity index (χ0v) is 14.9. The van der Waals surface area contributed by atoms with Crippen LogP contribution in [0.1, 0.15) is 17.2 Å². The van der Waals surface area contributed by atoms with Crippen molar-refractivity contribution in [1.29, 1.82) is 0 Å². The highest BCUT2D eigenvalue weighted by Gasteiger charge is 2.44. The number of rotatable bonds is 3. The molecular formula is C21H20N2O4. The second-order valence-electron chi connectivity index (χ2n) is 6.37. The van der Waals surface area contributed by atoms with E-state index in [0.717, 1.165) is 11.1 Å². The molecule has 0 saturated heterocycles. The van der Waals surface area contributed by atoms with Crippen LogP contribution in [0.15, 0.2) is 78.1 Å². The van der Waals surface area contributed by atoms with E-state index in [-0.39, 0.29) is 6.10 Å². The number of nitrogens with zero attached hydrogens (tertiary/aromatic N) is 2. The first-order valence-electron chi connectivity index (χ1n) is 8.79. The first-order chi connectivity index (χ1) is 13.3. The Balaban J connectivity index is 1.60. The van der Waals surface area contributed by atoms with Gasteiger partial charge in [-0.3, -0.25) is 4.90 Å². The van der Waals surface area contributed by atoms with Crippen LogP contribution in [-0.4, -0.2) is 36.2 Å². The molecule has 2 aromatic carbocycles. The first-order valence-corrected chi connectivity index (χ1v) is 8.79. The molecule has 2 aliphatic rings. The van der Waals surface area contributed by atoms with Gasteiger partial charge in [-0.15, -0.1) is 0 Å². The largest absolute Gasteiger partial charge is 0.467 e. The third-order valence-corrected chi connectivity index (χ3v) is 4.64. The van der Waals surface area contributed by atoms with E-state index in [1.807, 2.05) is 60.7 Å². The smallest absolute Gasteiger partial charge is 0.414 e. The fraction of sp³-hybridized carbons (Fsp3) is 0.238. The van der Waals surface area contributed by atoms with Gasteiger partial charge < -0.3 is 14.3 Å². The van der Waals surface area contributed by atoms with Crippen LogP contribution in [0.3, 0.4) is 0 Å². The molecule has 2 aliphatic heterocycles. The molecule has 27 heavy (non-hydrogen) atoms. The Kier molecular flexibility index (Phi) is 4.78. The Morgan fingerprint density at radius 2 is 1.81 bits per heavy atom. The second kappa shape index (κ2) is 7.53. The molecular weight excluding hydrogens is 344 g/mol. The highest BCUT2D eigenvalue weighted by Crippen LogP contribution is 2.36. The minimum absolute atomic E-state index is 0.340. The van der Waals surface area contributed by atoms with E-state index in [1.165, 1.54) is 12.0 Å². The Morgan fingerprint density at radius 1 is 1.11 bits per heavy atom. The van der Waals surface area contributed by atoms with E-state index in [2.05, 4.69) is 5.16 Å². The van der Waals surface area contributed by atoms with Crippen molar-refractivity contribution in [3.63, 3.8) is 0 Å². The second-order valence-corrected chi connectivity index (χ2v) is 6.37. The van der Waals surface area contributed by atoms with Crippen molar-refractivity contribution >= 4 is 12.0 Å². The molecule has 2 heterocycles. The van der Waals surface area contributed by atoms with Gasteiger partial charge in [-0.1, -0.05) is 65.8 Å². The van der Waals surface area contributed by atoms with Gasteiger partial charge >= 0.3 is 6.09 Å². The quantitative estimate of drug-likeness (QED) is 0.834. The molecule has 0 spiro atoms. The summed E-state index contributed by atoms with van der Waals surface area (Å²) in [5.74, 6) is 0.519. The molecule has 4 rings (SSSR count). The fourth-order valence-electron chi connectivity index (χ4n) is 3.36. The average Bonchev–Trinajstić information content (AvgIpc) is 2.73. The normalized spacial score (nSPS) is 23.5. The standard InChI is InChI=1S/C21H20N2O4/c1-25-21(24)23-13-12-17-20(19(23)16-10-6-3-7-11-16)27-22-18(26-17)14-15-8-4-2-5-9-15/h2-13,17,19-20H,14H2,1H3/t17?,19-,20+/m0/s1. The van der Waals surface area contributed by atoms with Gasteiger partial charge in [-0.2, -0.15) is 0 Å². The molecule has 6 heteroatoms. The summed E-state index contributed by atoms with van der Waals surface area (Å²) in [7, 11) is 1.36. The molecule has 0 bridgehead atoms. The van der Waals surface area contributed by atoms with Crippen LogP contribution in [0, 0.1) is 0 Å². The summed E-state index contributed by atoms with van der Waals surface area (Å²) in [5.41, 5.74) is 2.02. The van der Waals surface area contributed by atoms with E-state index in [9.17, 15) is 4.79 Å². The van der Waals surface area contributed by atoms with E-state index in [0.29, 0.717) is 12.3 Å². The minimum Gasteiger partial charge on any atom is -0.467 e. The Hall–Kier alpha value is -3.28. The number of ether oxygens (including phenoxy) is 2. The lowest BCUT2D eigenvalue weighted by molar-refractivity contribution is -0.0855. The highest BCUT2D eigenvalue weighted by molar-refractivity contribution is 5.79. The van der Waals surface area contributed by atoms with E-state index in [1.54, 1.807) is 12.3 Å². The summed E-state index contributed by atoms with van der Waals surface area (Å²) in [6.45, 7) is 0. The first kappa shape index (κ1) is 17.1. The maximum atomic E-state index is 12.3. The Bertz CT molecular complexity index is 851. The predicted octanol–water partition coefficient (Wildman–Crippen LogP) is 3.66. The van der Waals surface area contributed by atoms with E-state index in [4.69, 9.17) is 14.3 Å². The molecule has 0 radical (unpaired) electrons. The number of fused-ring (bicyclic) bond motifs is 1. The van der Waals surface area contributed by atoms with Crippen molar-refractivity contribution in [2.45, 2.75) is 24.7 Å². The van der Waals surface area contributed by atoms with Crippen molar-refractivity contribution in [1.82, 2.24) is 4.90 Å². The summed E-state index contributed by atoms with van der Waals surface area (Å²) in [6.07, 6.45) is 2.79. The van der Waals surface area contributed by atoms with Crippen molar-refractivity contribution < 1.29 is 19.1 Å². The van der Waals surface area contributed by atoms with Crippen molar-refractivity contribution in [2.24, 2.45) is 5.16 Å². The molecule has 1 unspecified atom stereocenters. The monoisotopic (exact) mass is 364 g/mol. The molecule has 0 saturated carbocycles. The number of carbonyl (C=O) groups is 1. The predicted molar refractivity (Wildman–Crippen MR) is 99.9 cm³/mol. The molecule has 0 N–H and O–H groups in total. The third-order valence-electron chi connectivity index (χ3n) is 4.64. The van der Waals surface area contributed by atoms with Crippen LogP contribution < -0.4 is 0 Å².